The Morgan fingerprint density at radius 2 is 1.50 bits per heavy atom. The van der Waals surface area contributed by atoms with Crippen molar-refractivity contribution in [1.82, 2.24) is 0 Å². The Labute approximate surface area is 161 Å². The van der Waals surface area contributed by atoms with E-state index in [1.165, 1.54) is 12.1 Å². The van der Waals surface area contributed by atoms with Crippen molar-refractivity contribution in [3.05, 3.63) is 95.8 Å². The van der Waals surface area contributed by atoms with Crippen molar-refractivity contribution in [2.75, 3.05) is 18.5 Å². The molecule has 28 heavy (non-hydrogen) atoms. The fraction of sp³-hybridized carbons (Fsp3) is 0.0909. The van der Waals surface area contributed by atoms with Crippen LogP contribution in [0.5, 0.6) is 5.75 Å². The minimum Gasteiger partial charge on any atom is -0.487 e. The number of nitrogens with one attached hydrogen (secondary N) is 1. The molecule has 142 valence electrons. The largest absolute Gasteiger partial charge is 0.487 e. The van der Waals surface area contributed by atoms with Crippen molar-refractivity contribution in [3.8, 4) is 5.75 Å². The molecule has 0 saturated heterocycles. The summed E-state index contributed by atoms with van der Waals surface area (Å²) in [5.41, 5.74) is 1.04. The zero-order valence-corrected chi connectivity index (χ0v) is 14.9. The molecule has 0 spiro atoms. The van der Waals surface area contributed by atoms with Gasteiger partial charge in [0.05, 0.1) is 11.3 Å². The summed E-state index contributed by atoms with van der Waals surface area (Å²) >= 11 is 0. The molecule has 0 radical (unpaired) electrons. The number of esters is 1. The molecule has 0 saturated carbocycles. The van der Waals surface area contributed by atoms with E-state index >= 15 is 0 Å². The topological polar surface area (TPSA) is 64.6 Å². The molecular weight excluding hydrogens is 361 g/mol. The molecule has 0 aliphatic carbocycles. The van der Waals surface area contributed by atoms with Gasteiger partial charge in [0, 0.05) is 5.56 Å². The van der Waals surface area contributed by atoms with E-state index in [0.29, 0.717) is 11.3 Å². The lowest BCUT2D eigenvalue weighted by Gasteiger charge is -2.11. The van der Waals surface area contributed by atoms with Gasteiger partial charge in [-0.05, 0) is 36.4 Å². The van der Waals surface area contributed by atoms with Crippen molar-refractivity contribution in [1.29, 1.82) is 0 Å². The Balaban J connectivity index is 1.58. The Kier molecular flexibility index (Phi) is 6.36. The zero-order valence-electron chi connectivity index (χ0n) is 14.9. The van der Waals surface area contributed by atoms with Gasteiger partial charge in [0.2, 0.25) is 0 Å². The molecule has 0 heterocycles. The lowest BCUT2D eigenvalue weighted by Crippen LogP contribution is -2.17. The summed E-state index contributed by atoms with van der Waals surface area (Å²) in [6.45, 7) is -0.0562. The number of carbonyl (C=O) groups is 2. The van der Waals surface area contributed by atoms with Crippen LogP contribution in [-0.4, -0.2) is 25.1 Å². The van der Waals surface area contributed by atoms with Crippen LogP contribution in [0.25, 0.3) is 0 Å². The quantitative estimate of drug-likeness (QED) is 0.491. The summed E-state index contributed by atoms with van der Waals surface area (Å²) in [6, 6.07) is 21.2. The first kappa shape index (κ1) is 19.1. The lowest BCUT2D eigenvalue weighted by molar-refractivity contribution is 0.0449. The first-order valence-electron chi connectivity index (χ1n) is 8.65. The van der Waals surface area contributed by atoms with Crippen molar-refractivity contribution in [2.24, 2.45) is 0 Å². The van der Waals surface area contributed by atoms with Gasteiger partial charge in [0.1, 0.15) is 13.2 Å². The maximum atomic E-state index is 13.5. The molecule has 0 aliphatic heterocycles. The molecule has 0 aliphatic rings. The molecule has 0 bridgehead atoms. The molecule has 0 fully saturated rings. The highest BCUT2D eigenvalue weighted by Crippen LogP contribution is 2.18. The number of para-hydroxylation sites is 2. The highest BCUT2D eigenvalue weighted by Gasteiger charge is 2.15. The monoisotopic (exact) mass is 379 g/mol. The summed E-state index contributed by atoms with van der Waals surface area (Å²) in [6.07, 6.45) is 0. The second-order valence-electron chi connectivity index (χ2n) is 5.78. The maximum absolute atomic E-state index is 13.5. The van der Waals surface area contributed by atoms with Crippen LogP contribution < -0.4 is 10.1 Å². The number of rotatable bonds is 7. The predicted octanol–water partition coefficient (Wildman–Crippen LogP) is 4.31. The summed E-state index contributed by atoms with van der Waals surface area (Å²) in [7, 11) is 0. The van der Waals surface area contributed by atoms with E-state index in [9.17, 15) is 14.0 Å². The zero-order chi connectivity index (χ0) is 19.8. The minimum absolute atomic E-state index is 0.00517. The maximum Gasteiger partial charge on any atom is 0.340 e. The third-order valence-electron chi connectivity index (χ3n) is 3.84. The molecule has 3 rings (SSSR count). The molecule has 0 unspecified atom stereocenters. The summed E-state index contributed by atoms with van der Waals surface area (Å²) in [5.74, 6) is -1.33. The van der Waals surface area contributed by atoms with Gasteiger partial charge in [-0.15, -0.1) is 0 Å². The predicted molar refractivity (Wildman–Crippen MR) is 103 cm³/mol. The fourth-order valence-electron chi connectivity index (χ4n) is 2.48. The van der Waals surface area contributed by atoms with Crippen LogP contribution in [0, 0.1) is 5.82 Å². The first-order chi connectivity index (χ1) is 13.6. The van der Waals surface area contributed by atoms with Gasteiger partial charge < -0.3 is 14.8 Å². The third kappa shape index (κ3) is 4.94. The third-order valence-corrected chi connectivity index (χ3v) is 3.84. The molecule has 0 atom stereocenters. The lowest BCUT2D eigenvalue weighted by atomic mass is 10.1. The van der Waals surface area contributed by atoms with Crippen LogP contribution in [0.2, 0.25) is 0 Å². The smallest absolute Gasteiger partial charge is 0.340 e. The van der Waals surface area contributed by atoms with Gasteiger partial charge in [-0.2, -0.15) is 0 Å². The molecule has 1 N–H and O–H groups in total. The second kappa shape index (κ2) is 9.32. The van der Waals surface area contributed by atoms with E-state index in [4.69, 9.17) is 9.47 Å². The number of ether oxygens (including phenoxy) is 2. The number of halogens is 1. The van der Waals surface area contributed by atoms with Crippen LogP contribution in [0.15, 0.2) is 78.9 Å². The van der Waals surface area contributed by atoms with Crippen molar-refractivity contribution in [3.63, 3.8) is 0 Å². The van der Waals surface area contributed by atoms with Gasteiger partial charge in [-0.25, -0.2) is 9.18 Å². The average Bonchev–Trinajstić information content (AvgIpc) is 2.73. The van der Waals surface area contributed by atoms with E-state index in [1.54, 1.807) is 60.7 Å². The van der Waals surface area contributed by atoms with E-state index < -0.39 is 11.8 Å². The second-order valence-corrected chi connectivity index (χ2v) is 5.78. The number of amides is 1. The molecule has 3 aromatic carbocycles. The fourth-order valence-corrected chi connectivity index (χ4v) is 2.48. The number of anilines is 1. The van der Waals surface area contributed by atoms with Crippen LogP contribution >= 0.6 is 0 Å². The van der Waals surface area contributed by atoms with Crippen molar-refractivity contribution < 1.29 is 23.5 Å². The minimum atomic E-state index is -0.610. The van der Waals surface area contributed by atoms with E-state index in [2.05, 4.69) is 5.32 Å². The van der Waals surface area contributed by atoms with Crippen LogP contribution in [0.1, 0.15) is 20.7 Å². The highest BCUT2D eigenvalue weighted by atomic mass is 19.1. The SMILES string of the molecule is O=C(Nc1ccccc1C(=O)OCCOc1ccccc1F)c1ccccc1. The van der Waals surface area contributed by atoms with Gasteiger partial charge in [-0.1, -0.05) is 42.5 Å². The normalized spacial score (nSPS) is 10.2. The molecule has 5 nitrogen and oxygen atoms in total. The van der Waals surface area contributed by atoms with Gasteiger partial charge >= 0.3 is 5.97 Å². The first-order valence-corrected chi connectivity index (χ1v) is 8.65. The Bertz CT molecular complexity index is 960. The standard InChI is InChI=1S/C22H18FNO4/c23-18-11-5-7-13-20(18)27-14-15-28-22(26)17-10-4-6-12-19(17)24-21(25)16-8-2-1-3-9-16/h1-13H,14-15H2,(H,24,25). The number of hydrogen-bond donors (Lipinski definition) is 1. The Morgan fingerprint density at radius 3 is 2.29 bits per heavy atom. The van der Waals surface area contributed by atoms with Gasteiger partial charge in [0.15, 0.2) is 11.6 Å². The average molecular weight is 379 g/mol. The van der Waals surface area contributed by atoms with E-state index in [1.807, 2.05) is 6.07 Å². The van der Waals surface area contributed by atoms with E-state index in [-0.39, 0.29) is 30.4 Å². The Morgan fingerprint density at radius 1 is 0.821 bits per heavy atom. The van der Waals surface area contributed by atoms with Crippen LogP contribution in [0.4, 0.5) is 10.1 Å². The van der Waals surface area contributed by atoms with Crippen molar-refractivity contribution >= 4 is 17.6 Å². The highest BCUT2D eigenvalue weighted by molar-refractivity contribution is 6.07. The molecule has 6 heteroatoms. The Hall–Kier alpha value is -3.67. The molecular formula is C22H18FNO4. The summed E-state index contributed by atoms with van der Waals surface area (Å²) in [5, 5.41) is 2.71. The van der Waals surface area contributed by atoms with Gasteiger partial charge in [0.25, 0.3) is 5.91 Å². The van der Waals surface area contributed by atoms with Crippen LogP contribution in [0.3, 0.4) is 0 Å². The summed E-state index contributed by atoms with van der Waals surface area (Å²) < 4.78 is 23.9. The molecule has 3 aromatic rings. The molecule has 0 aromatic heterocycles. The van der Waals surface area contributed by atoms with Crippen LogP contribution in [-0.2, 0) is 4.74 Å². The molecule has 1 amide bonds. The van der Waals surface area contributed by atoms with E-state index in [0.717, 1.165) is 0 Å². The number of benzene rings is 3. The van der Waals surface area contributed by atoms with Gasteiger partial charge in [-0.3, -0.25) is 4.79 Å². The number of carbonyl (C=O) groups excluding carboxylic acids is 2. The number of hydrogen-bond acceptors (Lipinski definition) is 4. The van der Waals surface area contributed by atoms with Crippen molar-refractivity contribution in [2.45, 2.75) is 0 Å². The summed E-state index contributed by atoms with van der Waals surface area (Å²) in [4.78, 5) is 24.7.